The molecular formula is C74H120N2O15. The number of aliphatic hydroxyl groups excluding tert-OH is 2. The van der Waals surface area contributed by atoms with Crippen LogP contribution in [0.25, 0.3) is 0 Å². The molecule has 10 aliphatic carbocycles. The summed E-state index contributed by atoms with van der Waals surface area (Å²) in [7, 11) is 0. The van der Waals surface area contributed by atoms with Gasteiger partial charge in [0.2, 0.25) is 5.91 Å². The Hall–Kier alpha value is -2.03. The van der Waals surface area contributed by atoms with E-state index in [0.717, 1.165) is 64.5 Å². The summed E-state index contributed by atoms with van der Waals surface area (Å²) in [5, 5.41) is 50.5. The molecule has 10 unspecified atom stereocenters. The maximum Gasteiger partial charge on any atom is 0.303 e. The molecule has 10 saturated carbocycles. The molecule has 0 aromatic heterocycles. The van der Waals surface area contributed by atoms with Crippen molar-refractivity contribution in [3.05, 3.63) is 0 Å². The molecule has 0 aromatic carbocycles. The van der Waals surface area contributed by atoms with Crippen LogP contribution in [0.15, 0.2) is 0 Å². The number of aliphatic hydroxyl groups is 4. The third-order valence-electron chi connectivity index (χ3n) is 31.2. The van der Waals surface area contributed by atoms with Crippen LogP contribution in [0.1, 0.15) is 220 Å². The van der Waals surface area contributed by atoms with Gasteiger partial charge in [-0.25, -0.2) is 0 Å². The molecule has 4 aliphatic heterocycles. The van der Waals surface area contributed by atoms with Crippen molar-refractivity contribution in [1.29, 1.82) is 0 Å². The number of carbonyl (C=O) groups excluding carboxylic acids is 3. The molecule has 14 fully saturated rings. The monoisotopic (exact) mass is 1280 g/mol. The number of amides is 1. The quantitative estimate of drug-likeness (QED) is 0.128. The van der Waals surface area contributed by atoms with Gasteiger partial charge in [-0.2, -0.15) is 0 Å². The van der Waals surface area contributed by atoms with Gasteiger partial charge >= 0.3 is 11.9 Å². The van der Waals surface area contributed by atoms with Gasteiger partial charge in [0.05, 0.1) is 79.8 Å². The average Bonchev–Trinajstić information content (AvgIpc) is 1.47. The number of esters is 2. The van der Waals surface area contributed by atoms with Crippen LogP contribution >= 0.6 is 0 Å². The Morgan fingerprint density at radius 2 is 0.967 bits per heavy atom. The Morgan fingerprint density at radius 1 is 0.560 bits per heavy atom. The van der Waals surface area contributed by atoms with Gasteiger partial charge in [-0.3, -0.25) is 14.4 Å². The standard InChI is InChI=1S/C38H61NO8.C36H59NO7/c1-21-18-24(32(34(6,7)43)45-23(3)41)46-30-29(21)35(8)14-15-38-20-37(38)13-12-27(47-28-19-39(22(2)40)16-17-44-28)33(4,5)25(37)10-11-26(38)36(35,9)31(30)42;1-20-17-22(30(32(5,6)40)42-21(2)38)43-28-27(20)33(7)13-14-36-19-35(36)12-11-25(44-26-18-37-15-16-41-26)31(3,4)23(35)9-10-24(36)34(33,8)29(28)39/h21,24-32,42-43H,10-20H2,1-9H3;20,22-30,37,39-40H,9-19H2,1-8H3/t21-,24?,25+,26+,27?,28+,29?,30?,31+,32+,35-,36-,37-,38?;20-,22?,23+,24+,25?,26+,27?,28?,29+,30+,33-,34-,35-,36?/m11/s1. The van der Waals surface area contributed by atoms with Crippen molar-refractivity contribution >= 4 is 17.8 Å². The summed E-state index contributed by atoms with van der Waals surface area (Å²) in [6.45, 7) is 39.1. The molecule has 14 aliphatic rings. The van der Waals surface area contributed by atoms with Gasteiger partial charge in [0, 0.05) is 51.2 Å². The van der Waals surface area contributed by atoms with E-state index in [1.54, 1.807) is 34.6 Å². The van der Waals surface area contributed by atoms with Crippen LogP contribution in [0.2, 0.25) is 0 Å². The number of carbonyl (C=O) groups is 3. The molecule has 4 heterocycles. The lowest BCUT2D eigenvalue weighted by Crippen LogP contribution is -2.60. The summed E-state index contributed by atoms with van der Waals surface area (Å²) in [6, 6.07) is 0. The van der Waals surface area contributed by atoms with E-state index in [4.69, 9.17) is 37.9 Å². The summed E-state index contributed by atoms with van der Waals surface area (Å²) >= 11 is 0. The van der Waals surface area contributed by atoms with E-state index in [1.165, 1.54) is 52.4 Å². The predicted octanol–water partition coefficient (Wildman–Crippen LogP) is 9.93. The van der Waals surface area contributed by atoms with Crippen molar-refractivity contribution < 1.29 is 72.7 Å². The van der Waals surface area contributed by atoms with Crippen molar-refractivity contribution in [2.45, 2.75) is 305 Å². The summed E-state index contributed by atoms with van der Waals surface area (Å²) in [4.78, 5) is 38.0. The van der Waals surface area contributed by atoms with Gasteiger partial charge in [-0.1, -0.05) is 69.2 Å². The molecular weight excluding hydrogens is 1160 g/mol. The highest BCUT2D eigenvalue weighted by Crippen LogP contribution is 2.91. The summed E-state index contributed by atoms with van der Waals surface area (Å²) in [5.74, 6) is 2.23. The van der Waals surface area contributed by atoms with Crippen LogP contribution in [0.5, 0.6) is 0 Å². The third-order valence-corrected chi connectivity index (χ3v) is 31.2. The van der Waals surface area contributed by atoms with Crippen LogP contribution < -0.4 is 5.32 Å². The highest BCUT2D eigenvalue weighted by molar-refractivity contribution is 5.73. The van der Waals surface area contributed by atoms with E-state index in [2.05, 4.69) is 74.6 Å². The molecule has 0 bridgehead atoms. The van der Waals surface area contributed by atoms with Crippen LogP contribution in [0, 0.1) is 101 Å². The van der Waals surface area contributed by atoms with Gasteiger partial charge < -0.3 is 68.5 Å². The minimum absolute atomic E-state index is 0.0216. The number of ether oxygens (including phenoxy) is 8. The molecule has 516 valence electrons. The highest BCUT2D eigenvalue weighted by Gasteiger charge is 2.87. The Labute approximate surface area is 544 Å². The Bertz CT molecular complexity index is 2800. The van der Waals surface area contributed by atoms with Gasteiger partial charge in [0.15, 0.2) is 24.8 Å². The van der Waals surface area contributed by atoms with Gasteiger partial charge in [0.25, 0.3) is 0 Å². The van der Waals surface area contributed by atoms with E-state index in [1.807, 2.05) is 4.90 Å². The second-order valence-electron chi connectivity index (χ2n) is 36.5. The maximum atomic E-state index is 12.5. The highest BCUT2D eigenvalue weighted by atomic mass is 16.7. The lowest BCUT2D eigenvalue weighted by molar-refractivity contribution is -0.247. The van der Waals surface area contributed by atoms with Crippen LogP contribution in [0.3, 0.4) is 0 Å². The van der Waals surface area contributed by atoms with E-state index in [0.29, 0.717) is 68.2 Å². The number of fused-ring (bicyclic) bond motifs is 8. The molecule has 17 heteroatoms. The fraction of sp³-hybridized carbons (Fsp3) is 0.959. The normalized spacial score (nSPS) is 51.9. The van der Waals surface area contributed by atoms with E-state index in [9.17, 15) is 34.8 Å². The lowest BCUT2D eigenvalue weighted by Gasteiger charge is -2.64. The van der Waals surface area contributed by atoms with Crippen molar-refractivity contribution in [1.82, 2.24) is 10.2 Å². The maximum absolute atomic E-state index is 12.5. The first kappa shape index (κ1) is 67.5. The average molecular weight is 1280 g/mol. The number of hydrogen-bond acceptors (Lipinski definition) is 16. The first-order chi connectivity index (χ1) is 42.4. The number of hydrogen-bond donors (Lipinski definition) is 5. The minimum atomic E-state index is -1.26. The third kappa shape index (κ3) is 9.62. The molecule has 4 spiro atoms. The number of morpholine rings is 2. The van der Waals surface area contributed by atoms with Crippen molar-refractivity contribution in [3.63, 3.8) is 0 Å². The molecule has 91 heavy (non-hydrogen) atoms. The van der Waals surface area contributed by atoms with Crippen molar-refractivity contribution in [3.8, 4) is 0 Å². The van der Waals surface area contributed by atoms with Crippen LogP contribution in [-0.4, -0.2) is 167 Å². The zero-order chi connectivity index (χ0) is 65.8. The molecule has 5 N–H and O–H groups in total. The molecule has 1 amide bonds. The lowest BCUT2D eigenvalue weighted by atomic mass is 9.41. The van der Waals surface area contributed by atoms with E-state index in [-0.39, 0.29) is 115 Å². The smallest absolute Gasteiger partial charge is 0.303 e. The molecule has 4 saturated heterocycles. The topological polar surface area (TPSA) is 221 Å². The summed E-state index contributed by atoms with van der Waals surface area (Å²) in [6.07, 6.45) is 12.9. The fourth-order valence-corrected chi connectivity index (χ4v) is 27.2. The molecule has 17 nitrogen and oxygen atoms in total. The van der Waals surface area contributed by atoms with Gasteiger partial charge in [-0.05, 0) is 221 Å². The van der Waals surface area contributed by atoms with Crippen molar-refractivity contribution in [2.75, 3.05) is 39.4 Å². The Balaban J connectivity index is 0.000000167. The summed E-state index contributed by atoms with van der Waals surface area (Å²) < 4.78 is 50.4. The predicted molar refractivity (Wildman–Crippen MR) is 340 cm³/mol. The van der Waals surface area contributed by atoms with E-state index >= 15 is 0 Å². The molecule has 28 atom stereocenters. The zero-order valence-corrected chi connectivity index (χ0v) is 58.8. The SMILES string of the molecule is CC(=O)O[C@@H](C1C[C@@H](C)C2C(O1)[C@H](O)[C@@]1(C)[C@@H]3CC[C@H]4C(C)(C)C(O[C@H]5CN(C(C)=O)CCO5)CC[C@@]45CC35CC[C@]21C)C(C)(C)O.CC(=O)O[C@@H](C1C[C@@H](C)C2C(O1)[C@H](O)[C@@]1(C)[C@@H]3CC[C@H]4C(C)(C)C(O[C@H]5CNCCO5)CC[C@@]45CC35CC[C@]21C)C(C)(C)O. The molecule has 14 rings (SSSR count). The fourth-order valence-electron chi connectivity index (χ4n) is 27.2. The summed E-state index contributed by atoms with van der Waals surface area (Å²) in [5.41, 5.74) is -2.02. The second-order valence-corrected chi connectivity index (χ2v) is 36.5. The van der Waals surface area contributed by atoms with E-state index < -0.39 is 59.8 Å². The van der Waals surface area contributed by atoms with Crippen molar-refractivity contribution in [2.24, 2.45) is 101 Å². The second kappa shape index (κ2) is 22.2. The van der Waals surface area contributed by atoms with Gasteiger partial charge in [0.1, 0.15) is 0 Å². The number of nitrogens with zero attached hydrogens (tertiary/aromatic N) is 1. The number of rotatable bonds is 10. The molecule has 0 aromatic rings. The Morgan fingerprint density at radius 3 is 1.36 bits per heavy atom. The first-order valence-corrected chi connectivity index (χ1v) is 36.3. The number of nitrogens with one attached hydrogen (secondary N) is 1. The largest absolute Gasteiger partial charge is 0.457 e. The van der Waals surface area contributed by atoms with Gasteiger partial charge in [-0.15, -0.1) is 0 Å². The Kier molecular flexibility index (Phi) is 16.5. The van der Waals surface area contributed by atoms with Crippen LogP contribution in [-0.2, 0) is 52.3 Å². The zero-order valence-electron chi connectivity index (χ0n) is 58.8. The molecule has 0 radical (unpaired) electrons. The van der Waals surface area contributed by atoms with Crippen LogP contribution in [0.4, 0.5) is 0 Å². The minimum Gasteiger partial charge on any atom is -0.457 e. The first-order valence-electron chi connectivity index (χ1n) is 36.3.